The van der Waals surface area contributed by atoms with Gasteiger partial charge in [-0.1, -0.05) is 24.4 Å². The van der Waals surface area contributed by atoms with Crippen molar-refractivity contribution in [3.05, 3.63) is 0 Å². The summed E-state index contributed by atoms with van der Waals surface area (Å²) in [7, 11) is 0. The second kappa shape index (κ2) is 3.72. The first-order valence-corrected chi connectivity index (χ1v) is 4.88. The van der Waals surface area contributed by atoms with E-state index in [0.717, 1.165) is 12.5 Å². The van der Waals surface area contributed by atoms with Gasteiger partial charge in [0.2, 0.25) is 5.95 Å². The molecule has 0 aromatic carbocycles. The molecule has 1 heterocycles. The van der Waals surface area contributed by atoms with E-state index in [1.165, 1.54) is 32.1 Å². The minimum Gasteiger partial charge on any atom is -0.367 e. The second-order valence-electron chi connectivity index (χ2n) is 3.72. The molecule has 1 saturated carbocycles. The van der Waals surface area contributed by atoms with E-state index >= 15 is 0 Å². The minimum atomic E-state index is 0.436. The van der Waals surface area contributed by atoms with Gasteiger partial charge in [-0.2, -0.15) is 0 Å². The van der Waals surface area contributed by atoms with Gasteiger partial charge >= 0.3 is 0 Å². The molecule has 2 rings (SSSR count). The fourth-order valence-electron chi connectivity index (χ4n) is 1.96. The first kappa shape index (κ1) is 8.47. The van der Waals surface area contributed by atoms with Crippen molar-refractivity contribution in [1.29, 1.82) is 0 Å². The Kier molecular flexibility index (Phi) is 2.42. The van der Waals surface area contributed by atoms with E-state index in [2.05, 4.69) is 15.5 Å². The normalized spacial score (nSPS) is 19.1. The van der Waals surface area contributed by atoms with Crippen LogP contribution in [0.1, 0.15) is 32.1 Å². The van der Waals surface area contributed by atoms with Gasteiger partial charge < -0.3 is 5.73 Å². The average Bonchev–Trinajstić information content (AvgIpc) is 2.54. The molecule has 0 bridgehead atoms. The smallest absolute Gasteiger partial charge is 0.240 e. The van der Waals surface area contributed by atoms with Crippen molar-refractivity contribution in [1.82, 2.24) is 20.2 Å². The molecule has 1 aromatic rings. The molecule has 5 heteroatoms. The summed E-state index contributed by atoms with van der Waals surface area (Å²) in [6.07, 6.45) is 6.64. The Labute approximate surface area is 77.3 Å². The molecule has 0 saturated heterocycles. The van der Waals surface area contributed by atoms with Crippen molar-refractivity contribution >= 4 is 5.95 Å². The summed E-state index contributed by atoms with van der Waals surface area (Å²) >= 11 is 0. The van der Waals surface area contributed by atoms with Crippen LogP contribution in [-0.2, 0) is 6.54 Å². The third-order valence-corrected chi connectivity index (χ3v) is 2.72. The third-order valence-electron chi connectivity index (χ3n) is 2.72. The molecule has 1 aromatic heterocycles. The molecule has 1 fully saturated rings. The topological polar surface area (TPSA) is 69.6 Å². The van der Waals surface area contributed by atoms with Crippen LogP contribution in [0.15, 0.2) is 0 Å². The Morgan fingerprint density at radius 3 is 2.69 bits per heavy atom. The predicted molar refractivity (Wildman–Crippen MR) is 48.8 cm³/mol. The molecule has 72 valence electrons. The lowest BCUT2D eigenvalue weighted by Gasteiger charge is -2.20. The van der Waals surface area contributed by atoms with Gasteiger partial charge in [0.15, 0.2) is 0 Å². The molecule has 13 heavy (non-hydrogen) atoms. The number of tetrazole rings is 1. The molecule has 0 radical (unpaired) electrons. The first-order chi connectivity index (χ1) is 6.36. The van der Waals surface area contributed by atoms with E-state index in [4.69, 9.17) is 5.73 Å². The maximum Gasteiger partial charge on any atom is 0.240 e. The van der Waals surface area contributed by atoms with Gasteiger partial charge in [0, 0.05) is 6.54 Å². The number of anilines is 1. The van der Waals surface area contributed by atoms with Crippen LogP contribution in [0.25, 0.3) is 0 Å². The molecular weight excluding hydrogens is 166 g/mol. The Morgan fingerprint density at radius 1 is 1.31 bits per heavy atom. The lowest BCUT2D eigenvalue weighted by molar-refractivity contribution is 0.307. The maximum absolute atomic E-state index is 5.58. The average molecular weight is 181 g/mol. The number of rotatable bonds is 2. The minimum absolute atomic E-state index is 0.436. The zero-order valence-corrected chi connectivity index (χ0v) is 7.69. The molecule has 0 atom stereocenters. The van der Waals surface area contributed by atoms with Gasteiger partial charge in [-0.25, -0.2) is 4.68 Å². The summed E-state index contributed by atoms with van der Waals surface area (Å²) in [6, 6.07) is 0. The van der Waals surface area contributed by atoms with E-state index in [9.17, 15) is 0 Å². The Morgan fingerprint density at radius 2 is 2.08 bits per heavy atom. The highest BCUT2D eigenvalue weighted by Gasteiger charge is 2.15. The van der Waals surface area contributed by atoms with Gasteiger partial charge in [0.25, 0.3) is 0 Å². The van der Waals surface area contributed by atoms with Gasteiger partial charge in [0.1, 0.15) is 0 Å². The van der Waals surface area contributed by atoms with Crippen molar-refractivity contribution in [3.8, 4) is 0 Å². The van der Waals surface area contributed by atoms with Crippen LogP contribution in [-0.4, -0.2) is 20.2 Å². The molecule has 0 amide bonds. The summed E-state index contributed by atoms with van der Waals surface area (Å²) < 4.78 is 1.70. The summed E-state index contributed by atoms with van der Waals surface area (Å²) in [5.41, 5.74) is 5.58. The fourth-order valence-corrected chi connectivity index (χ4v) is 1.96. The van der Waals surface area contributed by atoms with E-state index in [1.807, 2.05) is 0 Å². The van der Waals surface area contributed by atoms with E-state index in [0.29, 0.717) is 5.95 Å². The monoisotopic (exact) mass is 181 g/mol. The number of hydrogen-bond acceptors (Lipinski definition) is 4. The zero-order chi connectivity index (χ0) is 9.10. The zero-order valence-electron chi connectivity index (χ0n) is 7.69. The largest absolute Gasteiger partial charge is 0.367 e. The van der Waals surface area contributed by atoms with Crippen LogP contribution in [0.4, 0.5) is 5.95 Å². The summed E-state index contributed by atoms with van der Waals surface area (Å²) in [6.45, 7) is 0.888. The molecule has 5 nitrogen and oxygen atoms in total. The van der Waals surface area contributed by atoms with Crippen LogP contribution < -0.4 is 5.73 Å². The van der Waals surface area contributed by atoms with Gasteiger partial charge in [0.05, 0.1) is 0 Å². The molecule has 0 unspecified atom stereocenters. The summed E-state index contributed by atoms with van der Waals surface area (Å²) in [4.78, 5) is 0. The molecule has 0 spiro atoms. The van der Waals surface area contributed by atoms with E-state index < -0.39 is 0 Å². The lowest BCUT2D eigenvalue weighted by atomic mass is 9.89. The number of aromatic nitrogens is 4. The molecular formula is C8H15N5. The third kappa shape index (κ3) is 1.96. The number of nitrogens with two attached hydrogens (primary N) is 1. The van der Waals surface area contributed by atoms with Crippen molar-refractivity contribution in [2.24, 2.45) is 5.92 Å². The summed E-state index contributed by atoms with van der Waals surface area (Å²) in [5, 5.41) is 11.0. The standard InChI is InChI=1S/C8H15N5/c9-8-10-11-12-13(8)6-7-4-2-1-3-5-7/h7H,1-6H2,(H2,9,10,12). The Bertz CT molecular complexity index is 263. The number of nitrogen functional groups attached to an aromatic ring is 1. The summed E-state index contributed by atoms with van der Waals surface area (Å²) in [5.74, 6) is 1.16. The fraction of sp³-hybridized carbons (Fsp3) is 0.875. The Balaban J connectivity index is 1.93. The molecule has 2 N–H and O–H groups in total. The molecule has 0 aliphatic heterocycles. The Hall–Kier alpha value is -1.13. The van der Waals surface area contributed by atoms with Gasteiger partial charge in [-0.05, 0) is 29.2 Å². The first-order valence-electron chi connectivity index (χ1n) is 4.88. The van der Waals surface area contributed by atoms with Crippen molar-refractivity contribution < 1.29 is 0 Å². The van der Waals surface area contributed by atoms with Gasteiger partial charge in [-0.15, -0.1) is 0 Å². The van der Waals surface area contributed by atoms with Crippen LogP contribution in [0.3, 0.4) is 0 Å². The van der Waals surface area contributed by atoms with E-state index in [1.54, 1.807) is 4.68 Å². The quantitative estimate of drug-likeness (QED) is 0.733. The van der Waals surface area contributed by atoms with Crippen LogP contribution in [0.2, 0.25) is 0 Å². The van der Waals surface area contributed by atoms with Crippen molar-refractivity contribution in [2.45, 2.75) is 38.6 Å². The number of hydrogen-bond donors (Lipinski definition) is 1. The molecule has 1 aliphatic rings. The second-order valence-corrected chi connectivity index (χ2v) is 3.72. The van der Waals surface area contributed by atoms with Crippen molar-refractivity contribution in [2.75, 3.05) is 5.73 Å². The maximum atomic E-state index is 5.58. The van der Waals surface area contributed by atoms with Crippen LogP contribution >= 0.6 is 0 Å². The predicted octanol–water partition coefficient (Wildman–Crippen LogP) is 0.836. The SMILES string of the molecule is Nc1nnnn1CC1CCCCC1. The highest BCUT2D eigenvalue weighted by molar-refractivity contribution is 5.09. The van der Waals surface area contributed by atoms with Crippen molar-refractivity contribution in [3.63, 3.8) is 0 Å². The number of nitrogens with zero attached hydrogens (tertiary/aromatic N) is 4. The highest BCUT2D eigenvalue weighted by Crippen LogP contribution is 2.24. The van der Waals surface area contributed by atoms with E-state index in [-0.39, 0.29) is 0 Å². The van der Waals surface area contributed by atoms with Gasteiger partial charge in [-0.3, -0.25) is 0 Å². The van der Waals surface area contributed by atoms with Crippen LogP contribution in [0.5, 0.6) is 0 Å². The highest BCUT2D eigenvalue weighted by atomic mass is 15.6. The molecule has 1 aliphatic carbocycles. The van der Waals surface area contributed by atoms with Crippen LogP contribution in [0, 0.1) is 5.92 Å². The lowest BCUT2D eigenvalue weighted by Crippen LogP contribution is -2.16.